The number of hydrogen-bond acceptors (Lipinski definition) is 3. The normalized spacial score (nSPS) is 14.9. The molecule has 1 aromatic carbocycles. The molecule has 1 aliphatic carbocycles. The minimum absolute atomic E-state index is 0.0977. The fraction of sp³-hybridized carbons (Fsp3) is 0. The Kier molecular flexibility index (Phi) is 2.76. The Morgan fingerprint density at radius 3 is 2.17 bits per heavy atom. The van der Waals surface area contributed by atoms with E-state index in [1.165, 1.54) is 11.3 Å². The molecular formula is C14H7BrO2S. The number of fused-ring (bicyclic) bond motifs is 1. The number of carbonyl (C=O) groups excluding carboxylic acids is 2. The fourth-order valence-electron chi connectivity index (χ4n) is 1.99. The summed E-state index contributed by atoms with van der Waals surface area (Å²) in [6.07, 6.45) is 0. The zero-order chi connectivity index (χ0) is 12.7. The lowest BCUT2D eigenvalue weighted by Gasteiger charge is -2.16. The molecule has 0 radical (unpaired) electrons. The second-order valence-electron chi connectivity index (χ2n) is 3.87. The minimum atomic E-state index is -0.131. The van der Waals surface area contributed by atoms with E-state index in [0.29, 0.717) is 21.2 Å². The van der Waals surface area contributed by atoms with E-state index in [0.717, 1.165) is 4.88 Å². The van der Waals surface area contributed by atoms with Crippen molar-refractivity contribution in [3.8, 4) is 0 Å². The van der Waals surface area contributed by atoms with Crippen molar-refractivity contribution in [1.29, 1.82) is 0 Å². The van der Waals surface area contributed by atoms with E-state index in [2.05, 4.69) is 15.9 Å². The molecule has 0 fully saturated rings. The van der Waals surface area contributed by atoms with Crippen LogP contribution in [0.4, 0.5) is 0 Å². The predicted molar refractivity (Wildman–Crippen MR) is 75.3 cm³/mol. The molecule has 1 aliphatic rings. The van der Waals surface area contributed by atoms with Crippen molar-refractivity contribution in [2.45, 2.75) is 0 Å². The Morgan fingerprint density at radius 1 is 0.889 bits per heavy atom. The van der Waals surface area contributed by atoms with Crippen LogP contribution in [0.1, 0.15) is 25.6 Å². The van der Waals surface area contributed by atoms with Gasteiger partial charge in [0.25, 0.3) is 0 Å². The lowest BCUT2D eigenvalue weighted by molar-refractivity contribution is 0.0999. The average molecular weight is 319 g/mol. The molecule has 0 bridgehead atoms. The highest BCUT2D eigenvalue weighted by molar-refractivity contribution is 9.12. The summed E-state index contributed by atoms with van der Waals surface area (Å²) in [7, 11) is 0. The van der Waals surface area contributed by atoms with Crippen LogP contribution in [0.3, 0.4) is 0 Å². The first-order valence-corrected chi connectivity index (χ1v) is 6.99. The monoisotopic (exact) mass is 318 g/mol. The smallest absolute Gasteiger partial charge is 0.201 e. The van der Waals surface area contributed by atoms with Gasteiger partial charge in [-0.2, -0.15) is 0 Å². The van der Waals surface area contributed by atoms with Gasteiger partial charge in [0.05, 0.1) is 10.1 Å². The van der Waals surface area contributed by atoms with E-state index in [1.54, 1.807) is 24.3 Å². The second-order valence-corrected chi connectivity index (χ2v) is 5.61. The number of Topliss-reactive ketones (excluding diaryl/α,β-unsaturated/α-hetero) is 2. The van der Waals surface area contributed by atoms with Gasteiger partial charge in [0, 0.05) is 16.0 Å². The molecule has 1 aromatic heterocycles. The number of rotatable bonds is 1. The number of ketones is 2. The zero-order valence-electron chi connectivity index (χ0n) is 9.14. The van der Waals surface area contributed by atoms with Gasteiger partial charge in [-0.1, -0.05) is 30.3 Å². The molecule has 88 valence electrons. The number of hydrogen-bond donors (Lipinski definition) is 0. The van der Waals surface area contributed by atoms with Crippen LogP contribution in [0.5, 0.6) is 0 Å². The Bertz CT molecular complexity index is 684. The van der Waals surface area contributed by atoms with Crippen molar-refractivity contribution in [2.75, 3.05) is 0 Å². The molecule has 2 nitrogen and oxygen atoms in total. The number of halogens is 1. The first kappa shape index (κ1) is 11.6. The van der Waals surface area contributed by atoms with Gasteiger partial charge in [-0.05, 0) is 27.4 Å². The summed E-state index contributed by atoms with van der Waals surface area (Å²) >= 11 is 4.72. The van der Waals surface area contributed by atoms with Crippen molar-refractivity contribution in [3.05, 3.63) is 62.3 Å². The molecular weight excluding hydrogens is 312 g/mol. The van der Waals surface area contributed by atoms with Gasteiger partial charge in [-0.25, -0.2) is 0 Å². The Labute approximate surface area is 116 Å². The Morgan fingerprint density at radius 2 is 1.56 bits per heavy atom. The van der Waals surface area contributed by atoms with Crippen molar-refractivity contribution in [1.82, 2.24) is 0 Å². The molecule has 4 heteroatoms. The maximum Gasteiger partial charge on any atom is 0.201 e. The maximum atomic E-state index is 12.4. The van der Waals surface area contributed by atoms with Gasteiger partial charge in [0.15, 0.2) is 5.78 Å². The van der Waals surface area contributed by atoms with E-state index >= 15 is 0 Å². The van der Waals surface area contributed by atoms with Crippen molar-refractivity contribution < 1.29 is 9.59 Å². The molecule has 0 unspecified atom stereocenters. The SMILES string of the molecule is O=C1C(Br)=C(c2cccs2)C(=O)c2ccccc21. The van der Waals surface area contributed by atoms with Crippen LogP contribution < -0.4 is 0 Å². The quantitative estimate of drug-likeness (QED) is 0.798. The van der Waals surface area contributed by atoms with Crippen LogP contribution in [0.2, 0.25) is 0 Å². The third-order valence-electron chi connectivity index (χ3n) is 2.83. The van der Waals surface area contributed by atoms with Crippen molar-refractivity contribution in [2.24, 2.45) is 0 Å². The van der Waals surface area contributed by atoms with E-state index < -0.39 is 0 Å². The van der Waals surface area contributed by atoms with Gasteiger partial charge in [0.1, 0.15) is 0 Å². The van der Waals surface area contributed by atoms with Gasteiger partial charge < -0.3 is 0 Å². The van der Waals surface area contributed by atoms with E-state index in [1.807, 2.05) is 17.5 Å². The molecule has 0 amide bonds. The molecule has 0 saturated heterocycles. The molecule has 0 saturated carbocycles. The molecule has 3 rings (SSSR count). The fourth-order valence-corrected chi connectivity index (χ4v) is 3.50. The van der Waals surface area contributed by atoms with E-state index in [-0.39, 0.29) is 11.6 Å². The minimum Gasteiger partial charge on any atom is -0.288 e. The summed E-state index contributed by atoms with van der Waals surface area (Å²) in [5.74, 6) is -0.229. The highest BCUT2D eigenvalue weighted by Crippen LogP contribution is 2.36. The van der Waals surface area contributed by atoms with Gasteiger partial charge >= 0.3 is 0 Å². The predicted octanol–water partition coefficient (Wildman–Crippen LogP) is 3.93. The Hall–Kier alpha value is -1.52. The molecule has 2 aromatic rings. The molecule has 18 heavy (non-hydrogen) atoms. The lowest BCUT2D eigenvalue weighted by atomic mass is 9.89. The zero-order valence-corrected chi connectivity index (χ0v) is 11.5. The molecule has 0 atom stereocenters. The summed E-state index contributed by atoms with van der Waals surface area (Å²) in [6.45, 7) is 0. The standard InChI is InChI=1S/C14H7BrO2S/c15-12-11(10-6-3-7-18-10)13(16)8-4-1-2-5-9(8)14(12)17/h1-7H. The lowest BCUT2D eigenvalue weighted by Crippen LogP contribution is -2.18. The maximum absolute atomic E-state index is 12.4. The van der Waals surface area contributed by atoms with Crippen LogP contribution in [0.25, 0.3) is 5.57 Å². The first-order chi connectivity index (χ1) is 8.70. The number of benzene rings is 1. The third-order valence-corrected chi connectivity index (χ3v) is 4.47. The topological polar surface area (TPSA) is 34.1 Å². The van der Waals surface area contributed by atoms with Crippen LogP contribution in [0, 0.1) is 0 Å². The molecule has 0 aliphatic heterocycles. The van der Waals surface area contributed by atoms with Crippen LogP contribution in [-0.2, 0) is 0 Å². The summed E-state index contributed by atoms with van der Waals surface area (Å²) in [4.78, 5) is 25.5. The molecule has 0 N–H and O–H groups in total. The van der Waals surface area contributed by atoms with Crippen LogP contribution in [-0.4, -0.2) is 11.6 Å². The van der Waals surface area contributed by atoms with E-state index in [9.17, 15) is 9.59 Å². The highest BCUT2D eigenvalue weighted by Gasteiger charge is 2.31. The third kappa shape index (κ3) is 1.61. The molecule has 0 spiro atoms. The van der Waals surface area contributed by atoms with Crippen molar-refractivity contribution in [3.63, 3.8) is 0 Å². The highest BCUT2D eigenvalue weighted by atomic mass is 79.9. The van der Waals surface area contributed by atoms with E-state index in [4.69, 9.17) is 0 Å². The summed E-state index contributed by atoms with van der Waals surface area (Å²) in [6, 6.07) is 10.6. The average Bonchev–Trinajstić information content (AvgIpc) is 2.90. The summed E-state index contributed by atoms with van der Waals surface area (Å²) in [5.41, 5.74) is 1.41. The van der Waals surface area contributed by atoms with Gasteiger partial charge in [-0.3, -0.25) is 9.59 Å². The second kappa shape index (κ2) is 4.30. The largest absolute Gasteiger partial charge is 0.288 e. The van der Waals surface area contributed by atoms with Crippen LogP contribution >= 0.6 is 27.3 Å². The summed E-state index contributed by atoms with van der Waals surface area (Å²) in [5, 5.41) is 1.89. The van der Waals surface area contributed by atoms with Gasteiger partial charge in [-0.15, -0.1) is 11.3 Å². The van der Waals surface area contributed by atoms with Gasteiger partial charge in [0.2, 0.25) is 5.78 Å². The number of allylic oxidation sites excluding steroid dienone is 2. The number of thiophene rings is 1. The first-order valence-electron chi connectivity index (χ1n) is 5.32. The number of carbonyl (C=O) groups is 2. The molecule has 1 heterocycles. The van der Waals surface area contributed by atoms with Crippen LogP contribution in [0.15, 0.2) is 46.3 Å². The van der Waals surface area contributed by atoms with Crippen molar-refractivity contribution >= 4 is 44.4 Å². The summed E-state index contributed by atoms with van der Waals surface area (Å²) < 4.78 is 0.355. The Balaban J connectivity index is 2.26.